The summed E-state index contributed by atoms with van der Waals surface area (Å²) in [4.78, 5) is 76.8. The second-order valence-corrected chi connectivity index (χ2v) is 8.84. The number of rotatable bonds is 7. The average Bonchev–Trinajstić information content (AvgIpc) is 3.03. The van der Waals surface area contributed by atoms with Gasteiger partial charge in [-0.05, 0) is 25.2 Å². The highest BCUT2D eigenvalue weighted by Gasteiger charge is 2.51. The van der Waals surface area contributed by atoms with Crippen LogP contribution < -0.4 is 17.0 Å². The number of esters is 1. The molecule has 2 amide bonds. The zero-order valence-corrected chi connectivity index (χ0v) is 19.1. The smallest absolute Gasteiger partial charge is 0.332 e. The molecule has 1 aliphatic carbocycles. The number of carbonyl (C=O) groups is 4. The van der Waals surface area contributed by atoms with Crippen molar-refractivity contribution in [3.63, 3.8) is 0 Å². The molecule has 11 heteroatoms. The normalized spacial score (nSPS) is 20.8. The Balaban J connectivity index is 1.82. The largest absolute Gasteiger partial charge is 0.456 e. The van der Waals surface area contributed by atoms with Crippen LogP contribution in [0.15, 0.2) is 21.7 Å². The summed E-state index contributed by atoms with van der Waals surface area (Å²) in [6, 6.07) is -1.18. The number of hydrogen-bond acceptors (Lipinski definition) is 8. The zero-order valence-electron chi connectivity index (χ0n) is 19.1. The van der Waals surface area contributed by atoms with E-state index in [0.717, 1.165) is 14.0 Å². The number of ether oxygens (including phenoxy) is 1. The lowest BCUT2D eigenvalue weighted by Gasteiger charge is -2.26. The van der Waals surface area contributed by atoms with Gasteiger partial charge in [0, 0.05) is 14.1 Å². The molecule has 33 heavy (non-hydrogen) atoms. The molecular weight excluding hydrogens is 432 g/mol. The molecule has 2 aliphatic rings. The molecule has 0 bridgehead atoms. The van der Waals surface area contributed by atoms with Crippen molar-refractivity contribution >= 4 is 29.4 Å². The molecule has 3 atom stereocenters. The average molecular weight is 460 g/mol. The maximum atomic E-state index is 13.0. The van der Waals surface area contributed by atoms with Crippen molar-refractivity contribution in [1.29, 1.82) is 0 Å². The van der Waals surface area contributed by atoms with Gasteiger partial charge in [-0.1, -0.05) is 26.0 Å². The summed E-state index contributed by atoms with van der Waals surface area (Å²) < 4.78 is 6.83. The van der Waals surface area contributed by atoms with E-state index in [1.807, 2.05) is 26.0 Å². The third-order valence-corrected chi connectivity index (χ3v) is 6.15. The van der Waals surface area contributed by atoms with E-state index in [4.69, 9.17) is 10.5 Å². The van der Waals surface area contributed by atoms with E-state index in [-0.39, 0.29) is 18.2 Å². The van der Waals surface area contributed by atoms with E-state index < -0.39 is 64.9 Å². The summed E-state index contributed by atoms with van der Waals surface area (Å²) in [5, 5.41) is 0. The number of Topliss-reactive ketones (excluding diaryl/α,β-unsaturated/α-hetero) is 1. The first-order valence-corrected chi connectivity index (χ1v) is 10.7. The Morgan fingerprint density at radius 1 is 1.03 bits per heavy atom. The van der Waals surface area contributed by atoms with Gasteiger partial charge in [-0.2, -0.15) is 0 Å². The standard InChI is InChI=1S/C22H28N4O7/c1-11(2)9-14(26-18(28)12-7-5-6-8-13(12)19(26)29)21(31)33-10-15(27)16-17(23)24(3)22(32)25(4)20(16)30/h5-6,11-14H,7-10,23H2,1-4H3/t12-,13+,14-/m0/s1. The molecule has 1 aromatic heterocycles. The predicted octanol–water partition coefficient (Wildman–Crippen LogP) is -0.242. The van der Waals surface area contributed by atoms with Crippen LogP contribution in [0.4, 0.5) is 5.82 Å². The molecule has 1 aromatic rings. The molecule has 0 radical (unpaired) electrons. The maximum Gasteiger partial charge on any atom is 0.332 e. The Bertz CT molecular complexity index is 1130. The number of imide groups is 1. The molecule has 2 N–H and O–H groups in total. The summed E-state index contributed by atoms with van der Waals surface area (Å²) in [5.74, 6) is -4.03. The van der Waals surface area contributed by atoms with Crippen molar-refractivity contribution in [2.45, 2.75) is 39.2 Å². The van der Waals surface area contributed by atoms with Crippen LogP contribution >= 0.6 is 0 Å². The number of nitrogen functional groups attached to an aromatic ring is 1. The predicted molar refractivity (Wildman–Crippen MR) is 117 cm³/mol. The number of allylic oxidation sites excluding steroid dienone is 2. The fourth-order valence-electron chi connectivity index (χ4n) is 4.31. The van der Waals surface area contributed by atoms with E-state index in [1.54, 1.807) is 0 Å². The highest BCUT2D eigenvalue weighted by Crippen LogP contribution is 2.37. The van der Waals surface area contributed by atoms with Crippen LogP contribution in [0.25, 0.3) is 0 Å². The van der Waals surface area contributed by atoms with Crippen LogP contribution in [0.2, 0.25) is 0 Å². The molecule has 0 spiro atoms. The van der Waals surface area contributed by atoms with Crippen molar-refractivity contribution in [2.24, 2.45) is 31.8 Å². The third kappa shape index (κ3) is 4.27. The monoisotopic (exact) mass is 460 g/mol. The molecule has 1 aliphatic heterocycles. The molecule has 178 valence electrons. The second-order valence-electron chi connectivity index (χ2n) is 8.84. The summed E-state index contributed by atoms with van der Waals surface area (Å²) in [6.07, 6.45) is 4.73. The van der Waals surface area contributed by atoms with Gasteiger partial charge in [-0.25, -0.2) is 9.59 Å². The third-order valence-electron chi connectivity index (χ3n) is 6.15. The van der Waals surface area contributed by atoms with Crippen molar-refractivity contribution in [2.75, 3.05) is 12.3 Å². The quantitative estimate of drug-likeness (QED) is 0.253. The van der Waals surface area contributed by atoms with E-state index in [1.165, 1.54) is 14.1 Å². The van der Waals surface area contributed by atoms with Crippen LogP contribution in [-0.2, 0) is 33.2 Å². The van der Waals surface area contributed by atoms with Crippen LogP contribution in [0, 0.1) is 17.8 Å². The van der Waals surface area contributed by atoms with E-state index in [9.17, 15) is 28.8 Å². The number of nitrogens with two attached hydrogens (primary N) is 1. The first-order valence-electron chi connectivity index (χ1n) is 10.7. The molecule has 11 nitrogen and oxygen atoms in total. The molecular formula is C22H28N4O7. The van der Waals surface area contributed by atoms with Gasteiger partial charge < -0.3 is 10.5 Å². The Kier molecular flexibility index (Phi) is 6.71. The highest BCUT2D eigenvalue weighted by atomic mass is 16.5. The number of carbonyl (C=O) groups excluding carboxylic acids is 4. The number of anilines is 1. The number of likely N-dealkylation sites (tertiary alicyclic amines) is 1. The molecule has 2 heterocycles. The van der Waals surface area contributed by atoms with Crippen molar-refractivity contribution in [3.8, 4) is 0 Å². The molecule has 0 unspecified atom stereocenters. The zero-order chi connectivity index (χ0) is 24.6. The fourth-order valence-corrected chi connectivity index (χ4v) is 4.31. The van der Waals surface area contributed by atoms with Gasteiger partial charge in [0.1, 0.15) is 17.4 Å². The lowest BCUT2D eigenvalue weighted by atomic mass is 9.85. The molecule has 0 aromatic carbocycles. The highest BCUT2D eigenvalue weighted by molar-refractivity contribution is 6.08. The van der Waals surface area contributed by atoms with Crippen LogP contribution in [-0.4, -0.2) is 50.2 Å². The fraction of sp³-hybridized carbons (Fsp3) is 0.545. The van der Waals surface area contributed by atoms with Crippen molar-refractivity contribution in [3.05, 3.63) is 38.6 Å². The summed E-state index contributed by atoms with van der Waals surface area (Å²) in [5.41, 5.74) is 3.69. The summed E-state index contributed by atoms with van der Waals surface area (Å²) in [7, 11) is 2.50. The Labute approximate surface area is 189 Å². The Morgan fingerprint density at radius 3 is 2.09 bits per heavy atom. The number of aromatic nitrogens is 2. The van der Waals surface area contributed by atoms with Gasteiger partial charge in [0.25, 0.3) is 5.56 Å². The van der Waals surface area contributed by atoms with Gasteiger partial charge in [0.15, 0.2) is 6.61 Å². The van der Waals surface area contributed by atoms with Crippen molar-refractivity contribution < 1.29 is 23.9 Å². The summed E-state index contributed by atoms with van der Waals surface area (Å²) in [6.45, 7) is 2.84. The van der Waals surface area contributed by atoms with Crippen molar-refractivity contribution in [1.82, 2.24) is 14.0 Å². The number of fused-ring (bicyclic) bond motifs is 1. The minimum Gasteiger partial charge on any atom is -0.456 e. The lowest BCUT2D eigenvalue weighted by Crippen LogP contribution is -2.47. The minimum atomic E-state index is -1.18. The molecule has 1 saturated heterocycles. The second kappa shape index (κ2) is 9.16. The molecule has 1 fully saturated rings. The van der Waals surface area contributed by atoms with Gasteiger partial charge in [-0.15, -0.1) is 0 Å². The van der Waals surface area contributed by atoms with Crippen LogP contribution in [0.1, 0.15) is 43.5 Å². The van der Waals surface area contributed by atoms with Gasteiger partial charge >= 0.3 is 11.7 Å². The SMILES string of the molecule is CC(C)C[C@@H](C(=O)OCC(=O)c1c(N)n(C)c(=O)n(C)c1=O)N1C(=O)[C@H]2CC=CC[C@H]2C1=O. The lowest BCUT2D eigenvalue weighted by molar-refractivity contribution is -0.158. The number of amides is 2. The van der Waals surface area contributed by atoms with Crippen LogP contribution in [0.3, 0.4) is 0 Å². The van der Waals surface area contributed by atoms with Gasteiger partial charge in [-0.3, -0.25) is 33.2 Å². The van der Waals surface area contributed by atoms with Gasteiger partial charge in [0.2, 0.25) is 17.6 Å². The Hall–Kier alpha value is -3.50. The minimum absolute atomic E-state index is 0.0498. The molecule has 3 rings (SSSR count). The Morgan fingerprint density at radius 2 is 1.58 bits per heavy atom. The molecule has 0 saturated carbocycles. The topological polar surface area (TPSA) is 151 Å². The van der Waals surface area contributed by atoms with E-state index >= 15 is 0 Å². The number of nitrogens with zero attached hydrogens (tertiary/aromatic N) is 3. The van der Waals surface area contributed by atoms with E-state index in [2.05, 4.69) is 0 Å². The number of hydrogen-bond donors (Lipinski definition) is 1. The number of ketones is 1. The summed E-state index contributed by atoms with van der Waals surface area (Å²) >= 11 is 0. The van der Waals surface area contributed by atoms with Crippen LogP contribution in [0.5, 0.6) is 0 Å². The maximum absolute atomic E-state index is 13.0. The first kappa shape index (κ1) is 24.1. The van der Waals surface area contributed by atoms with Gasteiger partial charge in [0.05, 0.1) is 11.8 Å². The van der Waals surface area contributed by atoms with E-state index in [0.29, 0.717) is 12.8 Å². The first-order chi connectivity index (χ1) is 15.5.